The van der Waals surface area contributed by atoms with E-state index in [1.165, 1.54) is 24.3 Å². The molecule has 4 N–H and O–H groups in total. The average molecular weight is 449 g/mol. The number of non-ortho nitro benzene ring substituents is 2. The lowest BCUT2D eigenvalue weighted by Crippen LogP contribution is -2.31. The molecule has 0 heterocycles. The summed E-state index contributed by atoms with van der Waals surface area (Å²) in [5, 5.41) is 34.2. The minimum absolute atomic E-state index is 0.00724. The first kappa shape index (κ1) is 22.9. The van der Waals surface area contributed by atoms with Crippen molar-refractivity contribution in [3.63, 3.8) is 0 Å². The molecule has 10 nitrogen and oxygen atoms in total. The summed E-state index contributed by atoms with van der Waals surface area (Å²) in [4.78, 5) is 20.5. The number of thiocarbonyl (C=S) groups is 2. The van der Waals surface area contributed by atoms with Gasteiger partial charge in [-0.15, -0.1) is 0 Å². The topological polar surface area (TPSA) is 134 Å². The van der Waals surface area contributed by atoms with E-state index in [2.05, 4.69) is 21.3 Å². The van der Waals surface area contributed by atoms with E-state index in [-0.39, 0.29) is 11.4 Å². The molecule has 0 bridgehead atoms. The first-order valence-electron chi connectivity index (χ1n) is 8.94. The Morgan fingerprint density at radius 1 is 0.767 bits per heavy atom. The quantitative estimate of drug-likeness (QED) is 0.195. The number of benzene rings is 2. The largest absolute Gasteiger partial charge is 0.362 e. The molecule has 0 saturated carbocycles. The number of nitrogens with one attached hydrogen (secondary N) is 4. The number of unbranched alkanes of at least 4 members (excludes halogenated alkanes) is 1. The fourth-order valence-corrected chi connectivity index (χ4v) is 2.81. The molecule has 0 aliphatic carbocycles. The molecule has 0 fully saturated rings. The van der Waals surface area contributed by atoms with Crippen LogP contribution in [0.5, 0.6) is 0 Å². The molecule has 2 aromatic carbocycles. The number of nitro groups is 2. The molecule has 0 aromatic heterocycles. The maximum Gasteiger partial charge on any atom is 0.271 e. The summed E-state index contributed by atoms with van der Waals surface area (Å²) in [5.41, 5.74) is 1.22. The summed E-state index contributed by atoms with van der Waals surface area (Å²) in [6.07, 6.45) is 1.65. The maximum absolute atomic E-state index is 10.8. The zero-order chi connectivity index (χ0) is 21.9. The van der Waals surface area contributed by atoms with Crippen molar-refractivity contribution >= 4 is 57.4 Å². The summed E-state index contributed by atoms with van der Waals surface area (Å²) in [6, 6.07) is 12.1. The minimum Gasteiger partial charge on any atom is -0.362 e. The summed E-state index contributed by atoms with van der Waals surface area (Å²) in [7, 11) is 0. The first-order chi connectivity index (χ1) is 14.3. The molecule has 0 amide bonds. The Hall–Kier alpha value is -3.38. The third-order valence-corrected chi connectivity index (χ3v) is 4.32. The van der Waals surface area contributed by atoms with Crippen LogP contribution in [0.3, 0.4) is 0 Å². The third kappa shape index (κ3) is 7.93. The Bertz CT molecular complexity index is 923. The second kappa shape index (κ2) is 11.6. The predicted molar refractivity (Wildman–Crippen MR) is 124 cm³/mol. The number of rotatable bonds is 9. The standard InChI is InChI=1S/C18H20N6O4S2/c25-23(26)15-8-6-13(7-9-15)21-17(29)19-10-1-2-11-20-18(30)22-14-4-3-5-16(12-14)24(27)28/h3-9,12H,1-2,10-11H2,(H2,19,21,29)(H2,20,22,30). The van der Waals surface area contributed by atoms with Crippen molar-refractivity contribution in [3.8, 4) is 0 Å². The van der Waals surface area contributed by atoms with Gasteiger partial charge in [-0.1, -0.05) is 6.07 Å². The van der Waals surface area contributed by atoms with Crippen molar-refractivity contribution in [2.75, 3.05) is 23.7 Å². The van der Waals surface area contributed by atoms with Crippen LogP contribution < -0.4 is 21.3 Å². The maximum atomic E-state index is 10.8. The second-order valence-electron chi connectivity index (χ2n) is 6.08. The van der Waals surface area contributed by atoms with Crippen LogP contribution in [0.25, 0.3) is 0 Å². The lowest BCUT2D eigenvalue weighted by molar-refractivity contribution is -0.385. The van der Waals surface area contributed by atoms with Gasteiger partial charge in [0.2, 0.25) is 0 Å². The minimum atomic E-state index is -0.463. The highest BCUT2D eigenvalue weighted by Crippen LogP contribution is 2.17. The van der Waals surface area contributed by atoms with Gasteiger partial charge in [0.05, 0.1) is 9.85 Å². The van der Waals surface area contributed by atoms with E-state index in [4.69, 9.17) is 24.4 Å². The molecular weight excluding hydrogens is 428 g/mol. The molecule has 0 spiro atoms. The monoisotopic (exact) mass is 448 g/mol. The number of nitrogens with zero attached hydrogens (tertiary/aromatic N) is 2. The Labute approximate surface area is 183 Å². The van der Waals surface area contributed by atoms with E-state index in [9.17, 15) is 20.2 Å². The molecular formula is C18H20N6O4S2. The predicted octanol–water partition coefficient (Wildman–Crippen LogP) is 3.56. The fraction of sp³-hybridized carbons (Fsp3) is 0.222. The van der Waals surface area contributed by atoms with E-state index < -0.39 is 9.85 Å². The van der Waals surface area contributed by atoms with Gasteiger partial charge in [-0.25, -0.2) is 0 Å². The zero-order valence-corrected chi connectivity index (χ0v) is 17.4. The molecule has 2 aromatic rings. The smallest absolute Gasteiger partial charge is 0.271 e. The molecule has 0 aliphatic heterocycles. The molecule has 0 aliphatic rings. The number of nitro benzene ring substituents is 2. The number of anilines is 2. The Morgan fingerprint density at radius 2 is 1.30 bits per heavy atom. The molecule has 0 radical (unpaired) electrons. The van der Waals surface area contributed by atoms with Gasteiger partial charge in [0.25, 0.3) is 11.4 Å². The van der Waals surface area contributed by atoms with Crippen molar-refractivity contribution in [2.45, 2.75) is 12.8 Å². The Morgan fingerprint density at radius 3 is 1.83 bits per heavy atom. The van der Waals surface area contributed by atoms with Crippen molar-refractivity contribution in [3.05, 3.63) is 68.8 Å². The molecule has 30 heavy (non-hydrogen) atoms. The Balaban J connectivity index is 1.59. The van der Waals surface area contributed by atoms with Crippen LogP contribution in [-0.4, -0.2) is 33.2 Å². The normalized spacial score (nSPS) is 10.0. The lowest BCUT2D eigenvalue weighted by Gasteiger charge is -2.12. The number of hydrogen-bond donors (Lipinski definition) is 4. The fourth-order valence-electron chi connectivity index (χ4n) is 2.37. The third-order valence-electron chi connectivity index (χ3n) is 3.83. The first-order valence-corrected chi connectivity index (χ1v) is 9.75. The van der Waals surface area contributed by atoms with Crippen molar-refractivity contribution in [1.82, 2.24) is 10.6 Å². The molecule has 0 saturated heterocycles. The van der Waals surface area contributed by atoms with E-state index in [1.807, 2.05) is 0 Å². The van der Waals surface area contributed by atoms with Gasteiger partial charge in [0, 0.05) is 48.7 Å². The van der Waals surface area contributed by atoms with Crippen LogP contribution in [0, 0.1) is 20.2 Å². The van der Waals surface area contributed by atoms with Crippen LogP contribution >= 0.6 is 24.4 Å². The highest BCUT2D eigenvalue weighted by atomic mass is 32.1. The van der Waals surface area contributed by atoms with Crippen LogP contribution in [0.2, 0.25) is 0 Å². The molecule has 2 rings (SSSR count). The molecule has 158 valence electrons. The van der Waals surface area contributed by atoms with Crippen LogP contribution in [-0.2, 0) is 0 Å². The summed E-state index contributed by atoms with van der Waals surface area (Å²) in [6.45, 7) is 1.27. The van der Waals surface area contributed by atoms with Gasteiger partial charge < -0.3 is 21.3 Å². The number of hydrogen-bond acceptors (Lipinski definition) is 6. The van der Waals surface area contributed by atoms with Crippen molar-refractivity contribution in [2.24, 2.45) is 0 Å². The SMILES string of the molecule is O=[N+]([O-])c1ccc(NC(=S)NCCCCNC(=S)Nc2cccc([N+](=O)[O-])c2)cc1. The zero-order valence-electron chi connectivity index (χ0n) is 15.8. The summed E-state index contributed by atoms with van der Waals surface area (Å²) < 4.78 is 0. The highest BCUT2D eigenvalue weighted by molar-refractivity contribution is 7.80. The average Bonchev–Trinajstić information content (AvgIpc) is 2.71. The summed E-state index contributed by atoms with van der Waals surface area (Å²) in [5.74, 6) is 0. The highest BCUT2D eigenvalue weighted by Gasteiger charge is 2.07. The van der Waals surface area contributed by atoms with Crippen LogP contribution in [0.15, 0.2) is 48.5 Å². The van der Waals surface area contributed by atoms with E-state index in [0.717, 1.165) is 12.8 Å². The molecule has 0 atom stereocenters. The van der Waals surface area contributed by atoms with Gasteiger partial charge in [0.15, 0.2) is 10.2 Å². The van der Waals surface area contributed by atoms with Crippen molar-refractivity contribution in [1.29, 1.82) is 0 Å². The van der Waals surface area contributed by atoms with Crippen LogP contribution in [0.4, 0.5) is 22.7 Å². The van der Waals surface area contributed by atoms with Crippen molar-refractivity contribution < 1.29 is 9.85 Å². The van der Waals surface area contributed by atoms with Gasteiger partial charge in [-0.3, -0.25) is 20.2 Å². The van der Waals surface area contributed by atoms with E-state index in [1.54, 1.807) is 24.3 Å². The molecule has 0 unspecified atom stereocenters. The van der Waals surface area contributed by atoms with Gasteiger partial charge >= 0.3 is 0 Å². The molecule has 12 heteroatoms. The van der Waals surface area contributed by atoms with E-state index >= 15 is 0 Å². The Kier molecular flexibility index (Phi) is 8.84. The van der Waals surface area contributed by atoms with Gasteiger partial charge in [0.1, 0.15) is 0 Å². The second-order valence-corrected chi connectivity index (χ2v) is 6.90. The van der Waals surface area contributed by atoms with E-state index in [0.29, 0.717) is 34.7 Å². The summed E-state index contributed by atoms with van der Waals surface area (Å²) >= 11 is 10.4. The lowest BCUT2D eigenvalue weighted by atomic mass is 10.3. The van der Waals surface area contributed by atoms with Gasteiger partial charge in [-0.2, -0.15) is 0 Å². The van der Waals surface area contributed by atoms with Gasteiger partial charge in [-0.05, 0) is 55.5 Å². The van der Waals surface area contributed by atoms with Crippen LogP contribution in [0.1, 0.15) is 12.8 Å².